The molecule has 2 aromatic carbocycles. The van der Waals surface area contributed by atoms with E-state index in [4.69, 9.17) is 14.2 Å². The maximum atomic E-state index is 12.5. The fourth-order valence-electron chi connectivity index (χ4n) is 4.19. The number of rotatable bonds is 9. The minimum absolute atomic E-state index is 0.320. The Morgan fingerprint density at radius 3 is 2.51 bits per heavy atom. The Morgan fingerprint density at radius 2 is 1.77 bits per heavy atom. The number of hydrogen-bond acceptors (Lipinski definition) is 8. The zero-order chi connectivity index (χ0) is 27.8. The average molecular weight is 550 g/mol. The highest BCUT2D eigenvalue weighted by Crippen LogP contribution is 2.38. The first-order chi connectivity index (χ1) is 18.9. The summed E-state index contributed by atoms with van der Waals surface area (Å²) >= 11 is 1.31. The van der Waals surface area contributed by atoms with Crippen LogP contribution in [0.1, 0.15) is 57.3 Å². The second-order valence-corrected chi connectivity index (χ2v) is 10.1. The number of amides is 2. The van der Waals surface area contributed by atoms with Crippen molar-refractivity contribution in [1.82, 2.24) is 5.43 Å². The van der Waals surface area contributed by atoms with Crippen LogP contribution < -0.4 is 20.2 Å². The Balaban J connectivity index is 1.38. The summed E-state index contributed by atoms with van der Waals surface area (Å²) in [4.78, 5) is 38.3. The number of hydrogen-bond donors (Lipinski definition) is 2. The SMILES string of the molecule is CCOc1cc(/C=N/NC(=O)C(=O)Nc2sc3c(c2C(=O)OC)CCCC3)ccc1OCc1ccc(C)cc1. The van der Waals surface area contributed by atoms with Crippen LogP contribution in [-0.4, -0.2) is 37.7 Å². The third kappa shape index (κ3) is 7.02. The molecule has 0 saturated carbocycles. The highest BCUT2D eigenvalue weighted by atomic mass is 32.1. The summed E-state index contributed by atoms with van der Waals surface area (Å²) in [6, 6.07) is 13.4. The first-order valence-corrected chi connectivity index (χ1v) is 13.5. The average Bonchev–Trinajstić information content (AvgIpc) is 3.31. The molecule has 1 heterocycles. The number of aryl methyl sites for hydroxylation is 2. The van der Waals surface area contributed by atoms with Gasteiger partial charge < -0.3 is 19.5 Å². The Morgan fingerprint density at radius 1 is 1.00 bits per heavy atom. The predicted octanol–water partition coefficient (Wildman–Crippen LogP) is 4.79. The molecule has 1 aliphatic carbocycles. The van der Waals surface area contributed by atoms with E-state index in [0.29, 0.717) is 40.8 Å². The van der Waals surface area contributed by atoms with Crippen molar-refractivity contribution in [3.05, 3.63) is 75.2 Å². The first kappa shape index (κ1) is 27.8. The molecule has 1 aromatic heterocycles. The first-order valence-electron chi connectivity index (χ1n) is 12.7. The lowest BCUT2D eigenvalue weighted by atomic mass is 9.95. The van der Waals surface area contributed by atoms with E-state index in [9.17, 15) is 14.4 Å². The zero-order valence-electron chi connectivity index (χ0n) is 22.2. The van der Waals surface area contributed by atoms with Crippen LogP contribution in [0, 0.1) is 6.92 Å². The second kappa shape index (κ2) is 13.1. The Bertz CT molecular complexity index is 1380. The van der Waals surface area contributed by atoms with Crippen LogP contribution in [0.15, 0.2) is 47.6 Å². The lowest BCUT2D eigenvalue weighted by molar-refractivity contribution is -0.136. The molecule has 0 radical (unpaired) electrons. The van der Waals surface area contributed by atoms with Gasteiger partial charge in [-0.05, 0) is 74.4 Å². The normalized spacial score (nSPS) is 12.5. The van der Waals surface area contributed by atoms with Gasteiger partial charge in [-0.25, -0.2) is 10.2 Å². The van der Waals surface area contributed by atoms with Crippen LogP contribution in [0.4, 0.5) is 5.00 Å². The number of esters is 1. The number of carbonyl (C=O) groups is 3. The van der Waals surface area contributed by atoms with Crippen molar-refractivity contribution >= 4 is 40.3 Å². The van der Waals surface area contributed by atoms with Crippen molar-refractivity contribution in [3.8, 4) is 11.5 Å². The van der Waals surface area contributed by atoms with E-state index in [2.05, 4.69) is 15.8 Å². The molecule has 39 heavy (non-hydrogen) atoms. The molecule has 10 heteroatoms. The summed E-state index contributed by atoms with van der Waals surface area (Å²) in [5.74, 6) is -1.30. The largest absolute Gasteiger partial charge is 0.490 e. The van der Waals surface area contributed by atoms with Crippen molar-refractivity contribution < 1.29 is 28.6 Å². The van der Waals surface area contributed by atoms with Gasteiger partial charge in [0.25, 0.3) is 0 Å². The van der Waals surface area contributed by atoms with Crippen molar-refractivity contribution in [1.29, 1.82) is 0 Å². The van der Waals surface area contributed by atoms with Gasteiger partial charge in [0.1, 0.15) is 11.6 Å². The van der Waals surface area contributed by atoms with E-state index >= 15 is 0 Å². The Kier molecular flexibility index (Phi) is 9.32. The molecular formula is C29H31N3O6S. The van der Waals surface area contributed by atoms with Crippen LogP contribution in [0.3, 0.4) is 0 Å². The summed E-state index contributed by atoms with van der Waals surface area (Å²) in [5.41, 5.74) is 6.30. The molecule has 0 fully saturated rings. The van der Waals surface area contributed by atoms with E-state index in [-0.39, 0.29) is 0 Å². The minimum atomic E-state index is -0.962. The fourth-order valence-corrected chi connectivity index (χ4v) is 5.46. The predicted molar refractivity (Wildman–Crippen MR) is 150 cm³/mol. The minimum Gasteiger partial charge on any atom is -0.490 e. The number of methoxy groups -OCH3 is 1. The second-order valence-electron chi connectivity index (χ2n) is 8.97. The van der Waals surface area contributed by atoms with Gasteiger partial charge in [0.2, 0.25) is 0 Å². The van der Waals surface area contributed by atoms with Gasteiger partial charge in [-0.1, -0.05) is 29.8 Å². The van der Waals surface area contributed by atoms with E-state index in [1.54, 1.807) is 18.2 Å². The summed E-state index contributed by atoms with van der Waals surface area (Å²) in [6.45, 7) is 4.74. The molecule has 9 nitrogen and oxygen atoms in total. The van der Waals surface area contributed by atoms with Crippen molar-refractivity contribution in [2.75, 3.05) is 19.0 Å². The van der Waals surface area contributed by atoms with Gasteiger partial charge in [-0.3, -0.25) is 9.59 Å². The number of benzene rings is 2. The number of thiophene rings is 1. The number of hydrazone groups is 1. The Hall–Kier alpha value is -4.18. The molecule has 204 valence electrons. The molecule has 4 rings (SSSR count). The molecule has 0 bridgehead atoms. The van der Waals surface area contributed by atoms with Gasteiger partial charge >= 0.3 is 17.8 Å². The molecule has 0 spiro atoms. The molecule has 0 unspecified atom stereocenters. The quantitative estimate of drug-likeness (QED) is 0.172. The van der Waals surface area contributed by atoms with E-state index < -0.39 is 17.8 Å². The maximum Gasteiger partial charge on any atom is 0.341 e. The number of nitrogens with one attached hydrogen (secondary N) is 2. The molecule has 0 saturated heterocycles. The third-order valence-electron chi connectivity index (χ3n) is 6.16. The lowest BCUT2D eigenvalue weighted by Crippen LogP contribution is -2.32. The molecule has 0 atom stereocenters. The van der Waals surface area contributed by atoms with Crippen molar-refractivity contribution in [3.63, 3.8) is 0 Å². The van der Waals surface area contributed by atoms with E-state index in [0.717, 1.165) is 41.7 Å². The Labute approximate surface area is 231 Å². The van der Waals surface area contributed by atoms with Crippen LogP contribution in [-0.2, 0) is 33.8 Å². The summed E-state index contributed by atoms with van der Waals surface area (Å²) in [7, 11) is 1.29. The van der Waals surface area contributed by atoms with Crippen molar-refractivity contribution in [2.24, 2.45) is 5.10 Å². The third-order valence-corrected chi connectivity index (χ3v) is 7.36. The summed E-state index contributed by atoms with van der Waals surface area (Å²) < 4.78 is 16.6. The topological polar surface area (TPSA) is 115 Å². The number of ether oxygens (including phenoxy) is 3. The van der Waals surface area contributed by atoms with Crippen molar-refractivity contribution in [2.45, 2.75) is 46.1 Å². The van der Waals surface area contributed by atoms with Gasteiger partial charge in [-0.2, -0.15) is 5.10 Å². The highest BCUT2D eigenvalue weighted by molar-refractivity contribution is 7.17. The fraction of sp³-hybridized carbons (Fsp3) is 0.310. The molecule has 3 aromatic rings. The summed E-state index contributed by atoms with van der Waals surface area (Å²) in [5, 5.41) is 6.78. The molecule has 2 N–H and O–H groups in total. The van der Waals surface area contributed by atoms with Gasteiger partial charge in [0.15, 0.2) is 11.5 Å². The van der Waals surface area contributed by atoms with E-state index in [1.807, 2.05) is 38.1 Å². The zero-order valence-corrected chi connectivity index (χ0v) is 23.0. The molecule has 0 aliphatic heterocycles. The van der Waals surface area contributed by atoms with Crippen LogP contribution in [0.25, 0.3) is 0 Å². The molecular weight excluding hydrogens is 518 g/mol. The lowest BCUT2D eigenvalue weighted by Gasteiger charge is -2.13. The van der Waals surface area contributed by atoms with Crippen LogP contribution >= 0.6 is 11.3 Å². The summed E-state index contributed by atoms with van der Waals surface area (Å²) in [6.07, 6.45) is 4.95. The number of carbonyl (C=O) groups excluding carboxylic acids is 3. The smallest absolute Gasteiger partial charge is 0.341 e. The maximum absolute atomic E-state index is 12.5. The standard InChI is InChI=1S/C29H31N3O6S/c1-4-37-23-15-20(13-14-22(23)38-17-19-11-9-18(2)10-12-19)16-30-32-27(34)26(33)31-28-25(29(35)36-3)21-7-5-6-8-24(21)39-28/h9-16H,4-8,17H2,1-3H3,(H,31,33)(H,32,34)/b30-16+. The van der Waals surface area contributed by atoms with Gasteiger partial charge in [-0.15, -0.1) is 11.3 Å². The van der Waals surface area contributed by atoms with E-state index in [1.165, 1.54) is 30.2 Å². The number of anilines is 1. The van der Waals surface area contributed by atoms with Crippen LogP contribution in [0.5, 0.6) is 11.5 Å². The van der Waals surface area contributed by atoms with Gasteiger partial charge in [0.05, 0.1) is 25.5 Å². The van der Waals surface area contributed by atoms with Crippen LogP contribution in [0.2, 0.25) is 0 Å². The van der Waals surface area contributed by atoms with Gasteiger partial charge in [0, 0.05) is 4.88 Å². The molecule has 1 aliphatic rings. The highest BCUT2D eigenvalue weighted by Gasteiger charge is 2.28. The monoisotopic (exact) mass is 549 g/mol. The molecule has 2 amide bonds. The number of fused-ring (bicyclic) bond motifs is 1. The number of nitrogens with zero attached hydrogens (tertiary/aromatic N) is 1.